The first kappa shape index (κ1) is 29.1. The summed E-state index contributed by atoms with van der Waals surface area (Å²) < 4.78 is 7.68. The van der Waals surface area contributed by atoms with E-state index in [0.29, 0.717) is 35.1 Å². The summed E-state index contributed by atoms with van der Waals surface area (Å²) in [5.74, 6) is -1.16. The zero-order chi connectivity index (χ0) is 29.2. The molecule has 8 nitrogen and oxygen atoms in total. The number of aliphatic hydroxyl groups excluding tert-OH is 1. The Bertz CT molecular complexity index is 1450. The van der Waals surface area contributed by atoms with Crippen molar-refractivity contribution in [2.45, 2.75) is 84.0 Å². The number of nitrogens with zero attached hydrogens (tertiary/aromatic N) is 1. The van der Waals surface area contributed by atoms with Gasteiger partial charge >= 0.3 is 5.97 Å². The Hall–Kier alpha value is -3.91. The number of ether oxygens (including phenoxy) is 1. The average molecular weight is 550 g/mol. The van der Waals surface area contributed by atoms with Gasteiger partial charge in [0.25, 0.3) is 0 Å². The third-order valence-corrected chi connectivity index (χ3v) is 7.80. The monoisotopic (exact) mass is 549 g/mol. The molecule has 0 fully saturated rings. The molecule has 1 aliphatic heterocycles. The number of aromatic nitrogens is 1. The zero-order valence-electron chi connectivity index (χ0n) is 23.5. The van der Waals surface area contributed by atoms with Crippen LogP contribution < -0.4 is 4.74 Å². The van der Waals surface area contributed by atoms with Crippen molar-refractivity contribution in [3.05, 3.63) is 71.0 Å². The highest BCUT2D eigenvalue weighted by Crippen LogP contribution is 2.48. The fourth-order valence-electron chi connectivity index (χ4n) is 5.29. The Balaban J connectivity index is 1.64. The molecule has 5 N–H and O–H groups in total. The molecule has 40 heavy (non-hydrogen) atoms. The van der Waals surface area contributed by atoms with Gasteiger partial charge in [0.15, 0.2) is 5.88 Å². The van der Waals surface area contributed by atoms with E-state index in [4.69, 9.17) is 4.74 Å². The summed E-state index contributed by atoms with van der Waals surface area (Å²) in [4.78, 5) is 12.3. The van der Waals surface area contributed by atoms with Gasteiger partial charge in [-0.05, 0) is 77.1 Å². The topological polar surface area (TPSA) is 132 Å². The van der Waals surface area contributed by atoms with E-state index >= 15 is 0 Å². The Morgan fingerprint density at radius 1 is 1.10 bits per heavy atom. The first-order valence-corrected chi connectivity index (χ1v) is 13.6. The molecular formula is C32H39NO7. The summed E-state index contributed by atoms with van der Waals surface area (Å²) in [6.45, 7) is 8.10. The number of rotatable bonds is 10. The van der Waals surface area contributed by atoms with Gasteiger partial charge in [-0.2, -0.15) is 0 Å². The summed E-state index contributed by atoms with van der Waals surface area (Å²) in [7, 11) is 0. The van der Waals surface area contributed by atoms with Crippen molar-refractivity contribution in [2.75, 3.05) is 0 Å². The number of carboxylic acid groups (broad SMARTS) is 1. The molecule has 0 spiro atoms. The van der Waals surface area contributed by atoms with Crippen LogP contribution in [0, 0.1) is 0 Å². The van der Waals surface area contributed by atoms with Crippen LogP contribution in [0.2, 0.25) is 0 Å². The minimum Gasteiger partial charge on any atom is -0.508 e. The number of hydrogen-bond acceptors (Lipinski definition) is 6. The summed E-state index contributed by atoms with van der Waals surface area (Å²) in [6, 6.07) is 6.47. The molecule has 8 heteroatoms. The van der Waals surface area contributed by atoms with E-state index in [-0.39, 0.29) is 35.6 Å². The fourth-order valence-corrected chi connectivity index (χ4v) is 5.29. The second-order valence-corrected chi connectivity index (χ2v) is 11.3. The maximum atomic E-state index is 12.3. The fraction of sp³-hybridized carbons (Fsp3) is 0.406. The van der Waals surface area contributed by atoms with Crippen LogP contribution in [0.3, 0.4) is 0 Å². The Kier molecular flexibility index (Phi) is 8.49. The molecule has 214 valence electrons. The summed E-state index contributed by atoms with van der Waals surface area (Å²) in [5, 5.41) is 53.2. The Labute approximate surface area is 234 Å². The number of aliphatic carboxylic acids is 1. The molecule has 3 aromatic rings. The van der Waals surface area contributed by atoms with Crippen LogP contribution in [0.1, 0.15) is 70.5 Å². The highest BCUT2D eigenvalue weighted by atomic mass is 16.5. The number of allylic oxidation sites excluding steroid dienone is 4. The molecule has 1 aliphatic rings. The Morgan fingerprint density at radius 3 is 2.45 bits per heavy atom. The quantitative estimate of drug-likeness (QED) is 0.192. The van der Waals surface area contributed by atoms with Crippen LogP contribution in [0.25, 0.3) is 10.8 Å². The Morgan fingerprint density at radius 2 is 1.80 bits per heavy atom. The van der Waals surface area contributed by atoms with Crippen molar-refractivity contribution >= 4 is 16.7 Å². The van der Waals surface area contributed by atoms with E-state index in [2.05, 4.69) is 32.9 Å². The summed E-state index contributed by atoms with van der Waals surface area (Å²) in [6.07, 6.45) is 8.46. The van der Waals surface area contributed by atoms with Crippen molar-refractivity contribution in [1.82, 2.24) is 4.57 Å². The molecule has 1 aromatic heterocycles. The number of aliphatic hydroxyl groups is 1. The number of phenolic OH excluding ortho intramolecular Hbond substituents is 2. The van der Waals surface area contributed by atoms with E-state index in [9.17, 15) is 30.3 Å². The smallest absolute Gasteiger partial charge is 0.327 e. The maximum Gasteiger partial charge on any atom is 0.327 e. The standard InChI is InChI=1S/C32H39NO7/c1-19(2)7-5-8-20(3)9-6-14-32(4)28(36)17-24-27(35)16-23-25(29(24)40-32)18-33(30(23)37)26(31(38)39)15-21-10-12-22(34)13-11-21/h7,9-13,16,18,26,28,34-37H,5-6,8,14-15,17H2,1-4H3,(H,38,39)/t26-,28+,32-/m0/s1. The van der Waals surface area contributed by atoms with Crippen molar-refractivity contribution < 1.29 is 35.1 Å². The first-order valence-electron chi connectivity index (χ1n) is 13.6. The van der Waals surface area contributed by atoms with Crippen LogP contribution in [0.15, 0.2) is 59.8 Å². The predicted molar refractivity (Wildman–Crippen MR) is 154 cm³/mol. The van der Waals surface area contributed by atoms with E-state index in [1.165, 1.54) is 40.1 Å². The lowest BCUT2D eigenvalue weighted by molar-refractivity contribution is -0.141. The van der Waals surface area contributed by atoms with Gasteiger partial charge in [0, 0.05) is 30.0 Å². The molecular weight excluding hydrogens is 510 g/mol. The van der Waals surface area contributed by atoms with Gasteiger partial charge in [0.1, 0.15) is 28.9 Å². The number of phenols is 2. The molecule has 2 heterocycles. The van der Waals surface area contributed by atoms with E-state index in [1.54, 1.807) is 12.1 Å². The highest BCUT2D eigenvalue weighted by Gasteiger charge is 2.42. The highest BCUT2D eigenvalue weighted by molar-refractivity contribution is 5.96. The number of carboxylic acids is 1. The van der Waals surface area contributed by atoms with Crippen molar-refractivity contribution in [1.29, 1.82) is 0 Å². The van der Waals surface area contributed by atoms with Crippen LogP contribution in [0.5, 0.6) is 23.1 Å². The third kappa shape index (κ3) is 6.12. The van der Waals surface area contributed by atoms with Crippen molar-refractivity contribution in [2.24, 2.45) is 0 Å². The number of fused-ring (bicyclic) bond motifs is 3. The van der Waals surface area contributed by atoms with Crippen LogP contribution in [0.4, 0.5) is 0 Å². The minimum absolute atomic E-state index is 0.0644. The normalized spacial score (nSPS) is 19.6. The molecule has 0 saturated heterocycles. The lowest BCUT2D eigenvalue weighted by Gasteiger charge is -2.40. The molecule has 0 radical (unpaired) electrons. The van der Waals surface area contributed by atoms with Gasteiger partial charge in [-0.15, -0.1) is 0 Å². The maximum absolute atomic E-state index is 12.3. The number of carbonyl (C=O) groups is 1. The molecule has 0 unspecified atom stereocenters. The average Bonchev–Trinajstić information content (AvgIpc) is 3.20. The third-order valence-electron chi connectivity index (χ3n) is 7.80. The molecule has 0 bridgehead atoms. The van der Waals surface area contributed by atoms with Crippen LogP contribution in [-0.2, 0) is 17.6 Å². The second-order valence-electron chi connectivity index (χ2n) is 11.3. The van der Waals surface area contributed by atoms with Crippen molar-refractivity contribution in [3.63, 3.8) is 0 Å². The van der Waals surface area contributed by atoms with Gasteiger partial charge in [-0.25, -0.2) is 4.79 Å². The lowest BCUT2D eigenvalue weighted by atomic mass is 9.84. The van der Waals surface area contributed by atoms with Gasteiger partial charge in [-0.3, -0.25) is 0 Å². The molecule has 4 rings (SSSR count). The lowest BCUT2D eigenvalue weighted by Crippen LogP contribution is -2.48. The van der Waals surface area contributed by atoms with Gasteiger partial charge in [0.2, 0.25) is 0 Å². The van der Waals surface area contributed by atoms with Gasteiger partial charge in [0.05, 0.1) is 11.5 Å². The predicted octanol–water partition coefficient (Wildman–Crippen LogP) is 6.15. The number of benzene rings is 2. The molecule has 0 aliphatic carbocycles. The molecule has 2 aromatic carbocycles. The SMILES string of the molecule is CC(C)=CCCC(C)=CCC[C@]1(C)Oc2c(c(O)cc3c(O)n([C@@H](Cc4ccc(O)cc4)C(=O)O)cc23)C[C@H]1O. The summed E-state index contributed by atoms with van der Waals surface area (Å²) in [5.41, 5.74) is 2.71. The second kappa shape index (κ2) is 11.7. The molecule has 0 amide bonds. The van der Waals surface area contributed by atoms with Gasteiger partial charge in [-0.1, -0.05) is 35.4 Å². The molecule has 0 saturated carbocycles. The largest absolute Gasteiger partial charge is 0.508 e. The summed E-state index contributed by atoms with van der Waals surface area (Å²) >= 11 is 0. The van der Waals surface area contributed by atoms with Crippen LogP contribution >= 0.6 is 0 Å². The number of aromatic hydroxyl groups is 3. The first-order chi connectivity index (χ1) is 18.9. The van der Waals surface area contributed by atoms with Crippen molar-refractivity contribution in [3.8, 4) is 23.1 Å². The zero-order valence-corrected chi connectivity index (χ0v) is 23.5. The van der Waals surface area contributed by atoms with Crippen LogP contribution in [-0.4, -0.2) is 47.8 Å². The van der Waals surface area contributed by atoms with Gasteiger partial charge < -0.3 is 34.8 Å². The van der Waals surface area contributed by atoms with E-state index in [0.717, 1.165) is 12.8 Å². The van der Waals surface area contributed by atoms with E-state index < -0.39 is 23.7 Å². The minimum atomic E-state index is -1.14. The van der Waals surface area contributed by atoms with E-state index in [1.807, 2.05) is 6.92 Å². The molecule has 3 atom stereocenters. The number of hydrogen-bond donors (Lipinski definition) is 5.